The summed E-state index contributed by atoms with van der Waals surface area (Å²) >= 11 is 0. The number of nitrogens with one attached hydrogen (secondary N) is 1. The Kier molecular flexibility index (Phi) is 5.52. The van der Waals surface area contributed by atoms with Crippen LogP contribution in [0.25, 0.3) is 0 Å². The largest absolute Gasteiger partial charge is 0.361 e. The molecule has 0 bridgehead atoms. The molecule has 0 saturated heterocycles. The summed E-state index contributed by atoms with van der Waals surface area (Å²) in [6.45, 7) is 6.17. The first-order chi connectivity index (χ1) is 6.49. The molecule has 0 rings (SSSR count). The summed E-state index contributed by atoms with van der Waals surface area (Å²) < 4.78 is 0. The molecule has 0 aromatic carbocycles. The zero-order chi connectivity index (χ0) is 11.1. The van der Waals surface area contributed by atoms with Crippen LogP contribution in [0.5, 0.6) is 0 Å². The van der Waals surface area contributed by atoms with Gasteiger partial charge in [0, 0.05) is 6.21 Å². The number of carbonyl (C=O) groups excluding carboxylic acids is 2. The number of nitrogens with two attached hydrogens (primary N) is 1. The lowest BCUT2D eigenvalue weighted by atomic mass is 9.95. The van der Waals surface area contributed by atoms with E-state index in [1.54, 1.807) is 6.21 Å². The van der Waals surface area contributed by atoms with Crippen LogP contribution in [0, 0.1) is 11.8 Å². The van der Waals surface area contributed by atoms with Gasteiger partial charge in [0.05, 0.1) is 0 Å². The van der Waals surface area contributed by atoms with Crippen molar-refractivity contribution in [3.63, 3.8) is 0 Å². The zero-order valence-electron chi connectivity index (χ0n) is 8.78. The highest BCUT2D eigenvalue weighted by molar-refractivity contribution is 6.34. The third kappa shape index (κ3) is 4.59. The summed E-state index contributed by atoms with van der Waals surface area (Å²) in [4.78, 5) is 21.0. The van der Waals surface area contributed by atoms with Crippen molar-refractivity contribution in [2.24, 2.45) is 22.7 Å². The van der Waals surface area contributed by atoms with E-state index in [9.17, 15) is 9.59 Å². The molecule has 5 heteroatoms. The van der Waals surface area contributed by atoms with Crippen LogP contribution >= 0.6 is 0 Å². The van der Waals surface area contributed by atoms with Crippen LogP contribution in [0.2, 0.25) is 0 Å². The summed E-state index contributed by atoms with van der Waals surface area (Å²) in [7, 11) is 0. The van der Waals surface area contributed by atoms with Crippen LogP contribution in [-0.2, 0) is 9.59 Å². The lowest BCUT2D eigenvalue weighted by molar-refractivity contribution is -0.137. The van der Waals surface area contributed by atoms with E-state index < -0.39 is 11.8 Å². The van der Waals surface area contributed by atoms with Crippen molar-refractivity contribution >= 4 is 18.0 Å². The molecule has 0 radical (unpaired) electrons. The molecule has 0 unspecified atom stereocenters. The van der Waals surface area contributed by atoms with Crippen LogP contribution in [0.15, 0.2) is 5.10 Å². The zero-order valence-corrected chi connectivity index (χ0v) is 8.78. The van der Waals surface area contributed by atoms with Crippen molar-refractivity contribution in [2.75, 3.05) is 0 Å². The number of primary amides is 1. The van der Waals surface area contributed by atoms with Crippen LogP contribution in [0.4, 0.5) is 0 Å². The Bertz CT molecular complexity index is 236. The minimum absolute atomic E-state index is 0.295. The van der Waals surface area contributed by atoms with Gasteiger partial charge in [-0.15, -0.1) is 0 Å². The fourth-order valence-corrected chi connectivity index (χ4v) is 0.996. The van der Waals surface area contributed by atoms with E-state index in [-0.39, 0.29) is 0 Å². The van der Waals surface area contributed by atoms with Crippen LogP contribution in [0.1, 0.15) is 27.2 Å². The minimum Gasteiger partial charge on any atom is -0.361 e. The summed E-state index contributed by atoms with van der Waals surface area (Å²) in [5, 5.41) is 3.66. The molecule has 14 heavy (non-hydrogen) atoms. The Hall–Kier alpha value is -1.39. The van der Waals surface area contributed by atoms with Crippen molar-refractivity contribution in [1.82, 2.24) is 5.43 Å². The average Bonchev–Trinajstić information content (AvgIpc) is 2.11. The number of nitrogens with zero attached hydrogens (tertiary/aromatic N) is 1. The van der Waals surface area contributed by atoms with E-state index in [0.29, 0.717) is 11.8 Å². The predicted molar refractivity (Wildman–Crippen MR) is 54.4 cm³/mol. The molecular weight excluding hydrogens is 182 g/mol. The van der Waals surface area contributed by atoms with Crippen LogP contribution in [0.3, 0.4) is 0 Å². The fraction of sp³-hybridized carbons (Fsp3) is 0.667. The number of hydrazone groups is 1. The SMILES string of the molecule is CC[C@@H](/C=N/NC(=O)C(N)=O)C(C)C. The lowest BCUT2D eigenvalue weighted by Gasteiger charge is -2.12. The van der Waals surface area contributed by atoms with Crippen LogP contribution < -0.4 is 11.2 Å². The van der Waals surface area contributed by atoms with Gasteiger partial charge >= 0.3 is 11.8 Å². The van der Waals surface area contributed by atoms with E-state index in [1.165, 1.54) is 0 Å². The van der Waals surface area contributed by atoms with Crippen molar-refractivity contribution in [3.05, 3.63) is 0 Å². The second-order valence-electron chi connectivity index (χ2n) is 3.40. The molecule has 0 fully saturated rings. The lowest BCUT2D eigenvalue weighted by Crippen LogP contribution is -2.33. The van der Waals surface area contributed by atoms with Gasteiger partial charge in [-0.25, -0.2) is 5.43 Å². The summed E-state index contributed by atoms with van der Waals surface area (Å²) in [5.74, 6) is -1.17. The van der Waals surface area contributed by atoms with Crippen molar-refractivity contribution < 1.29 is 9.59 Å². The fourth-order valence-electron chi connectivity index (χ4n) is 0.996. The molecule has 0 aliphatic carbocycles. The maximum Gasteiger partial charge on any atom is 0.329 e. The van der Waals surface area contributed by atoms with E-state index in [4.69, 9.17) is 5.73 Å². The van der Waals surface area contributed by atoms with Crippen molar-refractivity contribution in [3.8, 4) is 0 Å². The highest BCUT2D eigenvalue weighted by Gasteiger charge is 2.09. The Morgan fingerprint density at radius 1 is 1.50 bits per heavy atom. The topological polar surface area (TPSA) is 84.6 Å². The highest BCUT2D eigenvalue weighted by Crippen LogP contribution is 2.11. The van der Waals surface area contributed by atoms with Gasteiger partial charge in [0.1, 0.15) is 0 Å². The molecule has 5 nitrogen and oxygen atoms in total. The maximum absolute atomic E-state index is 10.7. The normalized spacial score (nSPS) is 13.1. The number of carbonyl (C=O) groups is 2. The third-order valence-corrected chi connectivity index (χ3v) is 1.98. The Labute approximate surface area is 83.7 Å². The van der Waals surface area contributed by atoms with Gasteiger partial charge < -0.3 is 5.73 Å². The maximum atomic E-state index is 10.7. The first-order valence-corrected chi connectivity index (χ1v) is 4.62. The average molecular weight is 199 g/mol. The van der Waals surface area contributed by atoms with Gasteiger partial charge in [0.2, 0.25) is 0 Å². The van der Waals surface area contributed by atoms with Gasteiger partial charge in [-0.2, -0.15) is 5.10 Å². The van der Waals surface area contributed by atoms with Gasteiger partial charge in [-0.05, 0) is 18.3 Å². The Morgan fingerprint density at radius 3 is 2.43 bits per heavy atom. The predicted octanol–water partition coefficient (Wildman–Crippen LogP) is 0.256. The van der Waals surface area contributed by atoms with Gasteiger partial charge in [0.25, 0.3) is 0 Å². The molecule has 0 aromatic rings. The first kappa shape index (κ1) is 12.6. The molecule has 0 aliphatic rings. The molecule has 3 N–H and O–H groups in total. The molecular formula is C9H17N3O2. The quantitative estimate of drug-likeness (QED) is 0.386. The molecule has 0 aromatic heterocycles. The molecule has 0 heterocycles. The Morgan fingerprint density at radius 2 is 2.07 bits per heavy atom. The highest BCUT2D eigenvalue weighted by atomic mass is 16.2. The van der Waals surface area contributed by atoms with E-state index in [0.717, 1.165) is 6.42 Å². The number of rotatable bonds is 4. The summed E-state index contributed by atoms with van der Waals surface area (Å²) in [6.07, 6.45) is 2.57. The second-order valence-corrected chi connectivity index (χ2v) is 3.40. The van der Waals surface area contributed by atoms with E-state index >= 15 is 0 Å². The number of hydrogen-bond acceptors (Lipinski definition) is 3. The number of hydrogen-bond donors (Lipinski definition) is 2. The standard InChI is InChI=1S/C9H17N3O2/c1-4-7(6(2)3)5-11-12-9(14)8(10)13/h5-7H,4H2,1-3H3,(H2,10,13)(H,12,14)/b11-5+/t7-/m0/s1. The van der Waals surface area contributed by atoms with Crippen molar-refractivity contribution in [1.29, 1.82) is 0 Å². The van der Waals surface area contributed by atoms with Crippen molar-refractivity contribution in [2.45, 2.75) is 27.2 Å². The van der Waals surface area contributed by atoms with Gasteiger partial charge in [-0.3, -0.25) is 9.59 Å². The number of amides is 2. The van der Waals surface area contributed by atoms with E-state index in [1.807, 2.05) is 6.92 Å². The van der Waals surface area contributed by atoms with E-state index in [2.05, 4.69) is 24.4 Å². The Balaban J connectivity index is 4.04. The molecule has 2 amide bonds. The molecule has 0 aliphatic heterocycles. The molecule has 0 saturated carbocycles. The van der Waals surface area contributed by atoms with Gasteiger partial charge in [0.15, 0.2) is 0 Å². The summed E-state index contributed by atoms with van der Waals surface area (Å²) in [5.41, 5.74) is 6.78. The van der Waals surface area contributed by atoms with Crippen LogP contribution in [-0.4, -0.2) is 18.0 Å². The second kappa shape index (κ2) is 6.12. The summed E-state index contributed by atoms with van der Waals surface area (Å²) in [6, 6.07) is 0. The monoisotopic (exact) mass is 199 g/mol. The molecule has 0 spiro atoms. The first-order valence-electron chi connectivity index (χ1n) is 4.62. The smallest absolute Gasteiger partial charge is 0.329 e. The van der Waals surface area contributed by atoms with Gasteiger partial charge in [-0.1, -0.05) is 20.8 Å². The third-order valence-electron chi connectivity index (χ3n) is 1.98. The minimum atomic E-state index is -1.03. The molecule has 80 valence electrons. The molecule has 1 atom stereocenters.